The number of carbonyl (C=O) groups excluding carboxylic acids is 1. The molecule has 1 aliphatic carbocycles. The average Bonchev–Trinajstić information content (AvgIpc) is 2.26. The summed E-state index contributed by atoms with van der Waals surface area (Å²) < 4.78 is 0. The minimum Gasteiger partial charge on any atom is -0.402 e. The predicted molar refractivity (Wildman–Crippen MR) is 77.2 cm³/mol. The Kier molecular flexibility index (Phi) is 5.76. The maximum atomic E-state index is 12.3. The third kappa shape index (κ3) is 4.48. The molecule has 4 nitrogen and oxygen atoms in total. The lowest BCUT2D eigenvalue weighted by Gasteiger charge is -2.33. The van der Waals surface area contributed by atoms with Gasteiger partial charge in [0.15, 0.2) is 5.78 Å². The number of hydrogen-bond acceptors (Lipinski definition) is 4. The first-order valence-electron chi connectivity index (χ1n) is 6.91. The number of Topliss-reactive ketones (excluding diaryl/α,β-unsaturated/α-hetero) is 1. The molecule has 0 saturated heterocycles. The molecule has 0 spiro atoms. The zero-order valence-corrected chi connectivity index (χ0v) is 12.3. The standard InChI is InChI=1S/C15H26N2O2/c1-5-7-12(17-19-8-6-2)14-11(16)9-15(3,4)10-13(14)18/h6,12,17H,2,5,7-10,16H2,1,3-4H3. The third-order valence-electron chi connectivity index (χ3n) is 3.31. The maximum Gasteiger partial charge on any atom is 0.162 e. The van der Waals surface area contributed by atoms with Crippen LogP contribution in [0, 0.1) is 5.41 Å². The normalized spacial score (nSPS) is 20.5. The molecular weight excluding hydrogens is 240 g/mol. The van der Waals surface area contributed by atoms with E-state index in [0.717, 1.165) is 19.3 Å². The van der Waals surface area contributed by atoms with Crippen molar-refractivity contribution < 1.29 is 9.63 Å². The highest BCUT2D eigenvalue weighted by molar-refractivity contribution is 5.98. The Morgan fingerprint density at radius 3 is 2.74 bits per heavy atom. The van der Waals surface area contributed by atoms with Crippen molar-refractivity contribution in [3.8, 4) is 0 Å². The van der Waals surface area contributed by atoms with E-state index in [2.05, 4.69) is 32.8 Å². The van der Waals surface area contributed by atoms with E-state index in [-0.39, 0.29) is 17.2 Å². The van der Waals surface area contributed by atoms with Crippen molar-refractivity contribution in [2.75, 3.05) is 6.61 Å². The number of rotatable bonds is 7. The molecule has 0 amide bonds. The number of carbonyl (C=O) groups is 1. The molecule has 0 fully saturated rings. The summed E-state index contributed by atoms with van der Waals surface area (Å²) in [6.07, 6.45) is 4.77. The summed E-state index contributed by atoms with van der Waals surface area (Å²) >= 11 is 0. The maximum absolute atomic E-state index is 12.3. The number of nitrogens with two attached hydrogens (primary N) is 1. The van der Waals surface area contributed by atoms with Gasteiger partial charge in [-0.2, -0.15) is 5.48 Å². The summed E-state index contributed by atoms with van der Waals surface area (Å²) in [5.74, 6) is 0.141. The van der Waals surface area contributed by atoms with Gasteiger partial charge in [0.25, 0.3) is 0 Å². The van der Waals surface area contributed by atoms with E-state index in [1.54, 1.807) is 6.08 Å². The van der Waals surface area contributed by atoms with Gasteiger partial charge in [0.05, 0.1) is 12.6 Å². The summed E-state index contributed by atoms with van der Waals surface area (Å²) in [6.45, 7) is 10.2. The first kappa shape index (κ1) is 15.9. The second kappa shape index (κ2) is 6.87. The van der Waals surface area contributed by atoms with Gasteiger partial charge in [0, 0.05) is 17.7 Å². The van der Waals surface area contributed by atoms with Gasteiger partial charge in [-0.3, -0.25) is 9.63 Å². The Balaban J connectivity index is 2.87. The molecule has 0 saturated carbocycles. The Labute approximate surface area is 116 Å². The van der Waals surface area contributed by atoms with Crippen molar-refractivity contribution in [3.05, 3.63) is 23.9 Å². The van der Waals surface area contributed by atoms with E-state index < -0.39 is 0 Å². The minimum atomic E-state index is -0.117. The van der Waals surface area contributed by atoms with Gasteiger partial charge < -0.3 is 5.73 Å². The first-order valence-corrected chi connectivity index (χ1v) is 6.91. The van der Waals surface area contributed by atoms with Crippen LogP contribution in [0.3, 0.4) is 0 Å². The molecule has 1 aliphatic rings. The fourth-order valence-corrected chi connectivity index (χ4v) is 2.56. The van der Waals surface area contributed by atoms with Gasteiger partial charge in [-0.1, -0.05) is 33.3 Å². The fraction of sp³-hybridized carbons (Fsp3) is 0.667. The van der Waals surface area contributed by atoms with Crippen molar-refractivity contribution >= 4 is 5.78 Å². The molecule has 0 radical (unpaired) electrons. The van der Waals surface area contributed by atoms with Crippen molar-refractivity contribution in [2.45, 2.75) is 52.5 Å². The van der Waals surface area contributed by atoms with Crippen LogP contribution >= 0.6 is 0 Å². The molecule has 1 atom stereocenters. The Morgan fingerprint density at radius 1 is 1.53 bits per heavy atom. The molecule has 0 aromatic heterocycles. The van der Waals surface area contributed by atoms with Gasteiger partial charge >= 0.3 is 0 Å². The van der Waals surface area contributed by atoms with Crippen LogP contribution in [0.25, 0.3) is 0 Å². The number of allylic oxidation sites excluding steroid dienone is 1. The van der Waals surface area contributed by atoms with Crippen molar-refractivity contribution in [3.63, 3.8) is 0 Å². The van der Waals surface area contributed by atoms with Gasteiger partial charge in [0.2, 0.25) is 0 Å². The summed E-state index contributed by atoms with van der Waals surface area (Å²) in [5.41, 5.74) is 10.5. The van der Waals surface area contributed by atoms with Gasteiger partial charge in [-0.15, -0.1) is 6.58 Å². The van der Waals surface area contributed by atoms with Crippen LogP contribution in [0.1, 0.15) is 46.5 Å². The highest BCUT2D eigenvalue weighted by Crippen LogP contribution is 2.36. The summed E-state index contributed by atoms with van der Waals surface area (Å²) in [4.78, 5) is 17.6. The van der Waals surface area contributed by atoms with E-state index in [9.17, 15) is 4.79 Å². The van der Waals surface area contributed by atoms with Crippen LogP contribution in [0.4, 0.5) is 0 Å². The SMILES string of the molecule is C=CCONC(CCC)C1=C(N)CC(C)(C)CC1=O. The molecule has 1 rings (SSSR count). The summed E-state index contributed by atoms with van der Waals surface area (Å²) in [7, 11) is 0. The molecule has 0 bridgehead atoms. The summed E-state index contributed by atoms with van der Waals surface area (Å²) in [6, 6.07) is -0.117. The van der Waals surface area contributed by atoms with Crippen LogP contribution < -0.4 is 11.2 Å². The Bertz CT molecular complexity index is 372. The smallest absolute Gasteiger partial charge is 0.162 e. The monoisotopic (exact) mass is 266 g/mol. The lowest BCUT2D eigenvalue weighted by Crippen LogP contribution is -2.40. The minimum absolute atomic E-state index is 0.0383. The summed E-state index contributed by atoms with van der Waals surface area (Å²) in [5, 5.41) is 0. The predicted octanol–water partition coefficient (Wildman–Crippen LogP) is 2.46. The molecule has 0 heterocycles. The van der Waals surface area contributed by atoms with Gasteiger partial charge in [0.1, 0.15) is 0 Å². The first-order chi connectivity index (χ1) is 8.91. The molecule has 4 heteroatoms. The van der Waals surface area contributed by atoms with E-state index >= 15 is 0 Å². The van der Waals surface area contributed by atoms with E-state index in [1.807, 2.05) is 0 Å². The highest BCUT2D eigenvalue weighted by atomic mass is 16.6. The molecule has 0 aromatic rings. The third-order valence-corrected chi connectivity index (χ3v) is 3.31. The zero-order valence-electron chi connectivity index (χ0n) is 12.3. The molecule has 3 N–H and O–H groups in total. The lowest BCUT2D eigenvalue weighted by atomic mass is 9.74. The zero-order chi connectivity index (χ0) is 14.5. The van der Waals surface area contributed by atoms with Crippen molar-refractivity contribution in [2.24, 2.45) is 11.1 Å². The fourth-order valence-electron chi connectivity index (χ4n) is 2.56. The Morgan fingerprint density at radius 2 is 2.21 bits per heavy atom. The van der Waals surface area contributed by atoms with Crippen molar-refractivity contribution in [1.82, 2.24) is 5.48 Å². The second-order valence-electron chi connectivity index (χ2n) is 5.94. The molecule has 1 unspecified atom stereocenters. The molecule has 108 valence electrons. The van der Waals surface area contributed by atoms with Crippen LogP contribution in [-0.2, 0) is 9.63 Å². The van der Waals surface area contributed by atoms with Crippen LogP contribution in [0.2, 0.25) is 0 Å². The van der Waals surface area contributed by atoms with Crippen LogP contribution in [0.5, 0.6) is 0 Å². The number of nitrogens with one attached hydrogen (secondary N) is 1. The Hall–Kier alpha value is -1.13. The van der Waals surface area contributed by atoms with Gasteiger partial charge in [-0.05, 0) is 18.3 Å². The van der Waals surface area contributed by atoms with Crippen LogP contribution in [-0.4, -0.2) is 18.4 Å². The van der Waals surface area contributed by atoms with Crippen molar-refractivity contribution in [1.29, 1.82) is 0 Å². The number of hydrogen-bond donors (Lipinski definition) is 2. The lowest BCUT2D eigenvalue weighted by molar-refractivity contribution is -0.119. The van der Waals surface area contributed by atoms with Gasteiger partial charge in [-0.25, -0.2) is 0 Å². The molecule has 19 heavy (non-hydrogen) atoms. The quantitative estimate of drug-likeness (QED) is 0.422. The average molecular weight is 266 g/mol. The van der Waals surface area contributed by atoms with E-state index in [1.165, 1.54) is 0 Å². The van der Waals surface area contributed by atoms with Crippen LogP contribution in [0.15, 0.2) is 23.9 Å². The van der Waals surface area contributed by atoms with E-state index in [4.69, 9.17) is 10.6 Å². The second-order valence-corrected chi connectivity index (χ2v) is 5.94. The topological polar surface area (TPSA) is 64.3 Å². The van der Waals surface area contributed by atoms with E-state index in [0.29, 0.717) is 24.3 Å². The molecule has 0 aromatic carbocycles. The molecular formula is C15H26N2O2. The number of ketones is 1. The number of hydroxylamine groups is 1. The molecule has 0 aliphatic heterocycles. The largest absolute Gasteiger partial charge is 0.402 e. The highest BCUT2D eigenvalue weighted by Gasteiger charge is 2.35.